The van der Waals surface area contributed by atoms with Crippen LogP contribution < -0.4 is 5.32 Å². The molecule has 0 saturated carbocycles. The Morgan fingerprint density at radius 3 is 2.52 bits per heavy atom. The SMILES string of the molecule is Cc1ccc(CNC(=O)c2cnn(-c3nc(-c4ccc(Cl)c(Cl)c4)cs3)c2C(F)(F)F)cc1. The lowest BCUT2D eigenvalue weighted by Gasteiger charge is -2.11. The van der Waals surface area contributed by atoms with E-state index in [-0.39, 0.29) is 11.7 Å². The number of aromatic nitrogens is 3. The van der Waals surface area contributed by atoms with Gasteiger partial charge in [0.05, 0.1) is 27.5 Å². The van der Waals surface area contributed by atoms with E-state index < -0.39 is 23.3 Å². The Balaban J connectivity index is 1.63. The molecular weight excluding hydrogens is 496 g/mol. The highest BCUT2D eigenvalue weighted by Crippen LogP contribution is 2.36. The molecule has 0 aliphatic rings. The first-order valence-electron chi connectivity index (χ1n) is 9.54. The van der Waals surface area contributed by atoms with Crippen LogP contribution in [-0.4, -0.2) is 20.7 Å². The van der Waals surface area contributed by atoms with Gasteiger partial charge in [-0.2, -0.15) is 18.3 Å². The van der Waals surface area contributed by atoms with Gasteiger partial charge in [-0.05, 0) is 24.6 Å². The normalized spacial score (nSPS) is 11.6. The van der Waals surface area contributed by atoms with Crippen LogP contribution in [0.25, 0.3) is 16.4 Å². The molecule has 0 radical (unpaired) electrons. The molecule has 5 nitrogen and oxygen atoms in total. The molecule has 4 aromatic rings. The number of benzene rings is 2. The van der Waals surface area contributed by atoms with E-state index in [4.69, 9.17) is 23.2 Å². The second kappa shape index (κ2) is 9.17. The van der Waals surface area contributed by atoms with Crippen molar-refractivity contribution in [1.82, 2.24) is 20.1 Å². The van der Waals surface area contributed by atoms with Crippen molar-refractivity contribution < 1.29 is 18.0 Å². The molecule has 4 rings (SSSR count). The minimum absolute atomic E-state index is 0.0408. The van der Waals surface area contributed by atoms with E-state index in [2.05, 4.69) is 15.4 Å². The molecule has 1 amide bonds. The number of halogens is 5. The smallest absolute Gasteiger partial charge is 0.348 e. The van der Waals surface area contributed by atoms with E-state index in [0.29, 0.717) is 26.0 Å². The Kier molecular flexibility index (Phi) is 6.47. The Bertz CT molecular complexity index is 1320. The summed E-state index contributed by atoms with van der Waals surface area (Å²) in [5.74, 6) is -0.879. The summed E-state index contributed by atoms with van der Waals surface area (Å²) in [4.78, 5) is 16.8. The molecule has 170 valence electrons. The fraction of sp³-hybridized carbons (Fsp3) is 0.136. The summed E-state index contributed by atoms with van der Waals surface area (Å²) >= 11 is 12.9. The molecule has 0 bridgehead atoms. The summed E-state index contributed by atoms with van der Waals surface area (Å²) in [5.41, 5.74) is 1.02. The molecule has 0 spiro atoms. The number of nitrogens with one attached hydrogen (secondary N) is 1. The molecule has 0 saturated heterocycles. The Labute approximate surface area is 200 Å². The number of nitrogens with zero attached hydrogens (tertiary/aromatic N) is 3. The van der Waals surface area contributed by atoms with Gasteiger partial charge in [0.15, 0.2) is 5.69 Å². The number of hydrogen-bond acceptors (Lipinski definition) is 4. The van der Waals surface area contributed by atoms with Crippen LogP contribution in [0.4, 0.5) is 13.2 Å². The Hall–Kier alpha value is -2.88. The first kappa shape index (κ1) is 23.3. The van der Waals surface area contributed by atoms with Crippen molar-refractivity contribution >= 4 is 40.4 Å². The van der Waals surface area contributed by atoms with Crippen molar-refractivity contribution in [2.75, 3.05) is 0 Å². The molecular formula is C22H15Cl2F3N4OS. The fourth-order valence-corrected chi connectivity index (χ4v) is 4.16. The summed E-state index contributed by atoms with van der Waals surface area (Å²) < 4.78 is 42.4. The second-order valence-corrected chi connectivity index (χ2v) is 8.78. The highest BCUT2D eigenvalue weighted by molar-refractivity contribution is 7.12. The summed E-state index contributed by atoms with van der Waals surface area (Å²) in [6.45, 7) is 2.00. The molecule has 2 aromatic carbocycles. The van der Waals surface area contributed by atoms with Crippen LogP contribution in [0, 0.1) is 6.92 Å². The van der Waals surface area contributed by atoms with Crippen molar-refractivity contribution in [2.24, 2.45) is 0 Å². The maximum atomic E-state index is 13.9. The van der Waals surface area contributed by atoms with E-state index in [9.17, 15) is 18.0 Å². The van der Waals surface area contributed by atoms with Crippen molar-refractivity contribution in [3.63, 3.8) is 0 Å². The Morgan fingerprint density at radius 2 is 1.85 bits per heavy atom. The van der Waals surface area contributed by atoms with Gasteiger partial charge in [0.25, 0.3) is 5.91 Å². The van der Waals surface area contributed by atoms with E-state index in [0.717, 1.165) is 28.7 Å². The number of aryl methyl sites for hydroxylation is 1. The minimum Gasteiger partial charge on any atom is -0.348 e. The van der Waals surface area contributed by atoms with Gasteiger partial charge in [-0.15, -0.1) is 11.3 Å². The van der Waals surface area contributed by atoms with Gasteiger partial charge >= 0.3 is 6.18 Å². The highest BCUT2D eigenvalue weighted by atomic mass is 35.5. The monoisotopic (exact) mass is 510 g/mol. The van der Waals surface area contributed by atoms with Crippen LogP contribution in [0.1, 0.15) is 27.2 Å². The molecule has 11 heteroatoms. The molecule has 0 fully saturated rings. The first-order chi connectivity index (χ1) is 15.6. The predicted octanol–water partition coefficient (Wildman–Crippen LogP) is 6.56. The molecule has 33 heavy (non-hydrogen) atoms. The van der Waals surface area contributed by atoms with Gasteiger partial charge in [-0.25, -0.2) is 9.67 Å². The fourth-order valence-electron chi connectivity index (χ4n) is 3.07. The van der Waals surface area contributed by atoms with Crippen LogP contribution in [0.15, 0.2) is 54.0 Å². The second-order valence-electron chi connectivity index (χ2n) is 7.13. The minimum atomic E-state index is -4.83. The number of hydrogen-bond donors (Lipinski definition) is 1. The topological polar surface area (TPSA) is 59.8 Å². The van der Waals surface area contributed by atoms with Crippen molar-refractivity contribution in [2.45, 2.75) is 19.6 Å². The van der Waals surface area contributed by atoms with Gasteiger partial charge in [0, 0.05) is 17.5 Å². The van der Waals surface area contributed by atoms with Gasteiger partial charge in [0.2, 0.25) is 5.13 Å². The number of carbonyl (C=O) groups excluding carboxylic acids is 1. The van der Waals surface area contributed by atoms with Crippen LogP contribution in [-0.2, 0) is 12.7 Å². The molecule has 1 N–H and O–H groups in total. The Morgan fingerprint density at radius 1 is 1.12 bits per heavy atom. The first-order valence-corrected chi connectivity index (χ1v) is 11.2. The van der Waals surface area contributed by atoms with E-state index in [1.165, 1.54) is 0 Å². The number of carbonyl (C=O) groups is 1. The third-order valence-electron chi connectivity index (χ3n) is 4.74. The maximum absolute atomic E-state index is 13.9. The van der Waals surface area contributed by atoms with E-state index in [1.54, 1.807) is 35.7 Å². The summed E-state index contributed by atoms with van der Waals surface area (Å²) in [7, 11) is 0. The van der Waals surface area contributed by atoms with Gasteiger partial charge < -0.3 is 5.32 Å². The largest absolute Gasteiger partial charge is 0.434 e. The number of thiazole rings is 1. The summed E-state index contributed by atoms with van der Waals surface area (Å²) in [6, 6.07) is 12.1. The molecule has 0 unspecified atom stereocenters. The standard InChI is InChI=1S/C22H15Cl2F3N4OS/c1-12-2-4-13(5-3-12)9-28-20(32)15-10-29-31(19(15)22(25,26)27)21-30-18(11-33-21)14-6-7-16(23)17(24)8-14/h2-8,10-11H,9H2,1H3,(H,28,32). The van der Waals surface area contributed by atoms with Crippen LogP contribution in [0.5, 0.6) is 0 Å². The zero-order valence-electron chi connectivity index (χ0n) is 17.0. The van der Waals surface area contributed by atoms with Gasteiger partial charge in [-0.1, -0.05) is 59.1 Å². The number of rotatable bonds is 5. The van der Waals surface area contributed by atoms with Crippen molar-refractivity contribution in [3.05, 3.63) is 86.5 Å². The quantitative estimate of drug-likeness (QED) is 0.330. The number of alkyl halides is 3. The molecule has 0 atom stereocenters. The third kappa shape index (κ3) is 5.05. The zero-order chi connectivity index (χ0) is 23.8. The molecule has 0 aliphatic carbocycles. The van der Waals surface area contributed by atoms with E-state index in [1.807, 2.05) is 19.1 Å². The predicted molar refractivity (Wildman–Crippen MR) is 122 cm³/mol. The van der Waals surface area contributed by atoms with Gasteiger partial charge in [0.1, 0.15) is 0 Å². The summed E-state index contributed by atoms with van der Waals surface area (Å²) in [5, 5.41) is 8.52. The molecule has 2 heterocycles. The van der Waals surface area contributed by atoms with Crippen molar-refractivity contribution in [1.29, 1.82) is 0 Å². The molecule has 2 aromatic heterocycles. The third-order valence-corrected chi connectivity index (χ3v) is 6.30. The van der Waals surface area contributed by atoms with E-state index >= 15 is 0 Å². The highest BCUT2D eigenvalue weighted by Gasteiger charge is 2.41. The lowest BCUT2D eigenvalue weighted by Crippen LogP contribution is -2.26. The van der Waals surface area contributed by atoms with Crippen LogP contribution in [0.2, 0.25) is 10.0 Å². The lowest BCUT2D eigenvalue weighted by atomic mass is 10.1. The van der Waals surface area contributed by atoms with Crippen LogP contribution in [0.3, 0.4) is 0 Å². The summed E-state index contributed by atoms with van der Waals surface area (Å²) in [6.07, 6.45) is -3.93. The van der Waals surface area contributed by atoms with Crippen LogP contribution >= 0.6 is 34.5 Å². The molecule has 0 aliphatic heterocycles. The van der Waals surface area contributed by atoms with Crippen molar-refractivity contribution in [3.8, 4) is 16.4 Å². The maximum Gasteiger partial charge on any atom is 0.434 e. The lowest BCUT2D eigenvalue weighted by molar-refractivity contribution is -0.143. The number of amides is 1. The average molecular weight is 511 g/mol. The zero-order valence-corrected chi connectivity index (χ0v) is 19.3. The average Bonchev–Trinajstić information content (AvgIpc) is 3.42. The van der Waals surface area contributed by atoms with Gasteiger partial charge in [-0.3, -0.25) is 4.79 Å².